The molecule has 21 heavy (non-hydrogen) atoms. The maximum atomic E-state index is 13.2. The fourth-order valence-electron chi connectivity index (χ4n) is 1.22. The van der Waals surface area contributed by atoms with Crippen molar-refractivity contribution in [3.05, 3.63) is 11.1 Å². The van der Waals surface area contributed by atoms with E-state index in [-0.39, 0.29) is 5.54 Å². The molecule has 0 aliphatic rings. The van der Waals surface area contributed by atoms with Crippen LogP contribution in [0.1, 0.15) is 12.8 Å². The maximum absolute atomic E-state index is 13.2. The zero-order valence-corrected chi connectivity index (χ0v) is 12.6. The molecular weight excluding hydrogens is 402 g/mol. The summed E-state index contributed by atoms with van der Waals surface area (Å²) in [5, 5.41) is -4.94. The first-order chi connectivity index (χ1) is 9.03. The third-order valence-electron chi connectivity index (χ3n) is 2.10. The summed E-state index contributed by atoms with van der Waals surface area (Å²) in [4.78, 5) is 0. The second-order valence-corrected chi connectivity index (χ2v) is 6.37. The Morgan fingerprint density at radius 3 is 1.67 bits per heavy atom. The number of allylic oxidation sites excluding steroid dienone is 1. The van der Waals surface area contributed by atoms with Gasteiger partial charge in [0.05, 0.1) is 0 Å². The highest BCUT2D eigenvalue weighted by Gasteiger charge is 2.58. The normalized spacial score (nSPS) is 17.0. The molecule has 0 saturated carbocycles. The average molecular weight is 408 g/mol. The van der Waals surface area contributed by atoms with Crippen molar-refractivity contribution in [3.8, 4) is 0 Å². The molecule has 0 aromatic rings. The first-order valence-corrected chi connectivity index (χ1v) is 6.43. The molecule has 0 aliphatic carbocycles. The Bertz CT molecular complexity index is 384. The van der Waals surface area contributed by atoms with E-state index < -0.39 is 46.4 Å². The van der Waals surface area contributed by atoms with Gasteiger partial charge in [-0.25, -0.2) is 13.2 Å². The van der Waals surface area contributed by atoms with Crippen LogP contribution < -0.4 is 0 Å². The highest BCUT2D eigenvalue weighted by Crippen LogP contribution is 2.47. The molecule has 0 nitrogen and oxygen atoms in total. The van der Waals surface area contributed by atoms with Crippen LogP contribution in [0, 0.1) is 0 Å². The van der Waals surface area contributed by atoms with Crippen molar-refractivity contribution in [2.75, 3.05) is 0 Å². The Labute approximate surface area is 134 Å². The smallest absolute Gasteiger partial charge is 0.233 e. The standard InChI is InChI=1S/C9H6Cl4F8/c10-2-4(9(19,20)21)1-6(11,12)3-7(15,16)5(14)8(13,17)18/h2,5H,1,3H2. The van der Waals surface area contributed by atoms with E-state index in [1.807, 2.05) is 0 Å². The average Bonchev–Trinajstić information content (AvgIpc) is 2.20. The lowest BCUT2D eigenvalue weighted by Gasteiger charge is -2.30. The summed E-state index contributed by atoms with van der Waals surface area (Å²) in [6.45, 7) is 0. The van der Waals surface area contributed by atoms with E-state index in [9.17, 15) is 35.1 Å². The van der Waals surface area contributed by atoms with Crippen LogP contribution in [0.4, 0.5) is 35.1 Å². The SMILES string of the molecule is FC(C(F)(F)Cl)C(F)(F)CC(Cl)(Cl)CC(=CCl)C(F)(F)F. The number of hydrogen-bond donors (Lipinski definition) is 0. The third kappa shape index (κ3) is 6.97. The van der Waals surface area contributed by atoms with Gasteiger partial charge in [0.25, 0.3) is 5.92 Å². The summed E-state index contributed by atoms with van der Waals surface area (Å²) >= 11 is 19.4. The predicted molar refractivity (Wildman–Crippen MR) is 64.3 cm³/mol. The van der Waals surface area contributed by atoms with Gasteiger partial charge in [0.15, 0.2) is 0 Å². The minimum absolute atomic E-state index is 0.000729. The van der Waals surface area contributed by atoms with E-state index in [0.717, 1.165) is 0 Å². The Hall–Kier alpha value is 0.340. The molecule has 0 rings (SSSR count). The molecule has 0 fully saturated rings. The second-order valence-electron chi connectivity index (χ2n) is 4.01. The molecule has 0 spiro atoms. The summed E-state index contributed by atoms with van der Waals surface area (Å²) in [6.07, 6.45) is -12.7. The second kappa shape index (κ2) is 6.84. The third-order valence-corrected chi connectivity index (χ3v) is 3.09. The lowest BCUT2D eigenvalue weighted by molar-refractivity contribution is -0.150. The van der Waals surface area contributed by atoms with E-state index in [0.29, 0.717) is 0 Å². The van der Waals surface area contributed by atoms with Gasteiger partial charge in [-0.15, -0.1) is 23.2 Å². The first kappa shape index (κ1) is 21.3. The fraction of sp³-hybridized carbons (Fsp3) is 0.778. The summed E-state index contributed by atoms with van der Waals surface area (Å²) in [5.41, 5.74) is -1.58. The van der Waals surface area contributed by atoms with Crippen molar-refractivity contribution >= 4 is 46.4 Å². The van der Waals surface area contributed by atoms with Gasteiger partial charge in [0.2, 0.25) is 6.17 Å². The van der Waals surface area contributed by atoms with Crippen LogP contribution in [0.5, 0.6) is 0 Å². The quantitative estimate of drug-likeness (QED) is 0.351. The number of hydrogen-bond acceptors (Lipinski definition) is 0. The summed E-state index contributed by atoms with van der Waals surface area (Å²) in [6, 6.07) is 0. The molecule has 0 heterocycles. The largest absolute Gasteiger partial charge is 0.413 e. The molecule has 0 bridgehead atoms. The van der Waals surface area contributed by atoms with Crippen molar-refractivity contribution in [1.82, 2.24) is 0 Å². The first-order valence-electron chi connectivity index (χ1n) is 4.86. The van der Waals surface area contributed by atoms with E-state index in [1.165, 1.54) is 0 Å². The van der Waals surface area contributed by atoms with Gasteiger partial charge < -0.3 is 0 Å². The van der Waals surface area contributed by atoms with Gasteiger partial charge >= 0.3 is 11.6 Å². The Kier molecular flexibility index (Phi) is 6.96. The van der Waals surface area contributed by atoms with Crippen molar-refractivity contribution in [2.24, 2.45) is 0 Å². The molecule has 0 saturated heterocycles. The van der Waals surface area contributed by atoms with Crippen LogP contribution in [0.25, 0.3) is 0 Å². The van der Waals surface area contributed by atoms with Crippen LogP contribution >= 0.6 is 46.4 Å². The van der Waals surface area contributed by atoms with Gasteiger partial charge in [0, 0.05) is 23.9 Å². The van der Waals surface area contributed by atoms with Gasteiger partial charge in [-0.1, -0.05) is 11.6 Å². The lowest BCUT2D eigenvalue weighted by atomic mass is 10.0. The molecule has 1 atom stereocenters. The number of rotatable bonds is 6. The van der Waals surface area contributed by atoms with Crippen LogP contribution in [-0.2, 0) is 0 Å². The minimum atomic E-state index is -5.03. The van der Waals surface area contributed by atoms with Crippen molar-refractivity contribution in [3.63, 3.8) is 0 Å². The van der Waals surface area contributed by atoms with Crippen molar-refractivity contribution in [2.45, 2.75) is 40.8 Å². The zero-order chi connectivity index (χ0) is 17.3. The van der Waals surface area contributed by atoms with E-state index >= 15 is 0 Å². The van der Waals surface area contributed by atoms with Crippen molar-refractivity contribution < 1.29 is 35.1 Å². The van der Waals surface area contributed by atoms with E-state index in [2.05, 4.69) is 11.6 Å². The lowest BCUT2D eigenvalue weighted by Crippen LogP contribution is -2.44. The Morgan fingerprint density at radius 1 is 0.952 bits per heavy atom. The van der Waals surface area contributed by atoms with E-state index in [4.69, 9.17) is 34.8 Å². The van der Waals surface area contributed by atoms with E-state index in [1.54, 1.807) is 0 Å². The Morgan fingerprint density at radius 2 is 1.38 bits per heavy atom. The van der Waals surface area contributed by atoms with Crippen LogP contribution in [0.3, 0.4) is 0 Å². The highest BCUT2D eigenvalue weighted by atomic mass is 35.5. The summed E-state index contributed by atoms with van der Waals surface area (Å²) < 4.78 is 98.1. The molecule has 126 valence electrons. The minimum Gasteiger partial charge on any atom is -0.233 e. The maximum Gasteiger partial charge on any atom is 0.413 e. The molecule has 12 heteroatoms. The molecule has 0 aromatic carbocycles. The van der Waals surface area contributed by atoms with Crippen molar-refractivity contribution in [1.29, 1.82) is 0 Å². The molecule has 0 aromatic heterocycles. The highest BCUT2D eigenvalue weighted by molar-refractivity contribution is 6.48. The van der Waals surface area contributed by atoms with Gasteiger partial charge in [-0.2, -0.15) is 22.0 Å². The van der Waals surface area contributed by atoms with Crippen LogP contribution in [-0.4, -0.2) is 28.0 Å². The number of alkyl halides is 11. The molecule has 0 radical (unpaired) electrons. The molecular formula is C9H6Cl4F8. The predicted octanol–water partition coefficient (Wildman–Crippen LogP) is 6.43. The number of halogens is 12. The fourth-order valence-corrected chi connectivity index (χ4v) is 2.22. The molecule has 0 N–H and O–H groups in total. The summed E-state index contributed by atoms with van der Waals surface area (Å²) in [7, 11) is 0. The monoisotopic (exact) mass is 406 g/mol. The van der Waals surface area contributed by atoms with Crippen LogP contribution in [0.15, 0.2) is 11.1 Å². The molecule has 0 aliphatic heterocycles. The Balaban J connectivity index is 5.13. The van der Waals surface area contributed by atoms with Gasteiger partial charge in [-0.05, 0) is 11.6 Å². The zero-order valence-electron chi connectivity index (χ0n) is 9.60. The van der Waals surface area contributed by atoms with Crippen LogP contribution in [0.2, 0.25) is 0 Å². The van der Waals surface area contributed by atoms with Gasteiger partial charge in [0.1, 0.15) is 4.33 Å². The topological polar surface area (TPSA) is 0 Å². The molecule has 1 unspecified atom stereocenters. The summed E-state index contributed by atoms with van der Waals surface area (Å²) in [5.74, 6) is -4.86. The van der Waals surface area contributed by atoms with Gasteiger partial charge in [-0.3, -0.25) is 0 Å². The molecule has 0 amide bonds.